The van der Waals surface area contributed by atoms with Gasteiger partial charge in [-0.15, -0.1) is 0 Å². The van der Waals surface area contributed by atoms with E-state index in [4.69, 9.17) is 0 Å². The molecule has 1 aromatic carbocycles. The molecule has 0 radical (unpaired) electrons. The maximum absolute atomic E-state index is 13.3. The van der Waals surface area contributed by atoms with E-state index >= 15 is 0 Å². The van der Waals surface area contributed by atoms with Crippen molar-refractivity contribution in [3.63, 3.8) is 0 Å². The molecule has 0 spiro atoms. The first kappa shape index (κ1) is 17.2. The predicted octanol–water partition coefficient (Wildman–Crippen LogP) is 2.46. The van der Waals surface area contributed by atoms with Crippen molar-refractivity contribution in [3.05, 3.63) is 41.6 Å². The molecule has 7 heteroatoms. The van der Waals surface area contributed by atoms with Crippen LogP contribution in [0.25, 0.3) is 22.3 Å². The van der Waals surface area contributed by atoms with Gasteiger partial charge in [0, 0.05) is 23.8 Å². The zero-order chi connectivity index (χ0) is 19.3. The summed E-state index contributed by atoms with van der Waals surface area (Å²) < 4.78 is 0. The number of nitrogens with zero attached hydrogens (tertiary/aromatic N) is 3. The molecule has 0 saturated carbocycles. The molecule has 3 N–H and O–H groups in total. The number of phenols is 1. The number of piperidine rings is 3. The molecule has 1 atom stereocenters. The standard InChI is InChI=1S/C21H23N5O2/c1-12-19-16(21(28)23-18-11-26-8-6-14(18)7-9-26)10-17(22-20(19)25-24-12)13-2-4-15(27)5-3-13/h2-5,10,14,18,27H,6-9,11H2,1H3,(H,23,28)(H,22,24,25). The highest BCUT2D eigenvalue weighted by molar-refractivity contribution is 6.07. The van der Waals surface area contributed by atoms with Crippen LogP contribution in [-0.2, 0) is 0 Å². The van der Waals surface area contributed by atoms with Crippen molar-refractivity contribution in [3.8, 4) is 17.0 Å². The van der Waals surface area contributed by atoms with Gasteiger partial charge < -0.3 is 15.3 Å². The van der Waals surface area contributed by atoms with E-state index in [1.54, 1.807) is 24.3 Å². The Hall–Kier alpha value is -2.93. The summed E-state index contributed by atoms with van der Waals surface area (Å²) in [6, 6.07) is 8.83. The minimum atomic E-state index is -0.0734. The molecule has 3 aromatic rings. The predicted molar refractivity (Wildman–Crippen MR) is 106 cm³/mol. The number of hydrogen-bond acceptors (Lipinski definition) is 5. The largest absolute Gasteiger partial charge is 0.508 e. The minimum absolute atomic E-state index is 0.0734. The van der Waals surface area contributed by atoms with E-state index in [0.717, 1.165) is 49.1 Å². The lowest BCUT2D eigenvalue weighted by Crippen LogP contribution is -2.57. The zero-order valence-corrected chi connectivity index (χ0v) is 15.8. The zero-order valence-electron chi connectivity index (χ0n) is 15.8. The molecule has 28 heavy (non-hydrogen) atoms. The number of nitrogens with one attached hydrogen (secondary N) is 2. The van der Waals surface area contributed by atoms with Gasteiger partial charge in [0.15, 0.2) is 5.65 Å². The Labute approximate surface area is 162 Å². The third-order valence-corrected chi connectivity index (χ3v) is 6.09. The second kappa shape index (κ2) is 6.60. The lowest BCUT2D eigenvalue weighted by atomic mass is 9.84. The van der Waals surface area contributed by atoms with Crippen LogP contribution in [0, 0.1) is 12.8 Å². The molecule has 144 valence electrons. The number of benzene rings is 1. The van der Waals surface area contributed by atoms with Gasteiger partial charge in [0.1, 0.15) is 5.75 Å². The van der Waals surface area contributed by atoms with Crippen LogP contribution in [0.5, 0.6) is 5.75 Å². The lowest BCUT2D eigenvalue weighted by molar-refractivity contribution is 0.0621. The number of hydrogen-bond donors (Lipinski definition) is 3. The van der Waals surface area contributed by atoms with E-state index in [1.807, 2.05) is 13.0 Å². The van der Waals surface area contributed by atoms with E-state index < -0.39 is 0 Å². The fraction of sp³-hybridized carbons (Fsp3) is 0.381. The summed E-state index contributed by atoms with van der Waals surface area (Å²) in [6.45, 7) is 5.12. The highest BCUT2D eigenvalue weighted by Crippen LogP contribution is 2.30. The van der Waals surface area contributed by atoms with Gasteiger partial charge in [-0.05, 0) is 69.1 Å². The molecule has 3 aliphatic heterocycles. The summed E-state index contributed by atoms with van der Waals surface area (Å²) in [6.07, 6.45) is 2.31. The van der Waals surface area contributed by atoms with Gasteiger partial charge in [0.25, 0.3) is 5.91 Å². The number of carbonyl (C=O) groups is 1. The van der Waals surface area contributed by atoms with E-state index in [2.05, 4.69) is 25.4 Å². The van der Waals surface area contributed by atoms with Gasteiger partial charge in [-0.3, -0.25) is 9.89 Å². The average Bonchev–Trinajstić information content (AvgIpc) is 3.10. The van der Waals surface area contributed by atoms with Crippen LogP contribution in [0.15, 0.2) is 30.3 Å². The van der Waals surface area contributed by atoms with Crippen LogP contribution in [-0.4, -0.2) is 56.8 Å². The fourth-order valence-electron chi connectivity index (χ4n) is 4.51. The van der Waals surface area contributed by atoms with E-state index in [0.29, 0.717) is 22.8 Å². The van der Waals surface area contributed by atoms with Crippen molar-refractivity contribution in [2.75, 3.05) is 19.6 Å². The van der Waals surface area contributed by atoms with Crippen LogP contribution >= 0.6 is 0 Å². The second-order valence-electron chi connectivity index (χ2n) is 7.87. The number of fused-ring (bicyclic) bond motifs is 4. The summed E-state index contributed by atoms with van der Waals surface area (Å²) >= 11 is 0. The van der Waals surface area contributed by atoms with Crippen molar-refractivity contribution >= 4 is 16.9 Å². The Balaban J connectivity index is 1.52. The number of phenolic OH excluding ortho intramolecular Hbond substituents is 1. The SMILES string of the molecule is Cc1[nH]nc2nc(-c3ccc(O)cc3)cc(C(=O)NC3CN4CCC3CC4)c12. The summed E-state index contributed by atoms with van der Waals surface area (Å²) in [5.41, 5.74) is 3.45. The normalized spacial score (nSPS) is 23.8. The molecule has 2 bridgehead atoms. The number of rotatable bonds is 3. The van der Waals surface area contributed by atoms with Crippen molar-refractivity contribution < 1.29 is 9.90 Å². The van der Waals surface area contributed by atoms with Gasteiger partial charge in [-0.2, -0.15) is 5.10 Å². The Bertz CT molecular complexity index is 1030. The Morgan fingerprint density at radius 2 is 2.00 bits per heavy atom. The quantitative estimate of drug-likeness (QED) is 0.652. The summed E-state index contributed by atoms with van der Waals surface area (Å²) in [5.74, 6) is 0.685. The molecule has 6 rings (SSSR count). The Morgan fingerprint density at radius 1 is 1.25 bits per heavy atom. The number of amides is 1. The maximum Gasteiger partial charge on any atom is 0.252 e. The molecule has 1 amide bonds. The first-order valence-electron chi connectivity index (χ1n) is 9.77. The molecule has 7 nitrogen and oxygen atoms in total. The van der Waals surface area contributed by atoms with Crippen molar-refractivity contribution in [1.82, 2.24) is 25.4 Å². The average molecular weight is 377 g/mol. The number of aromatic amines is 1. The van der Waals surface area contributed by atoms with E-state index in [9.17, 15) is 9.90 Å². The molecular formula is C21H23N5O2. The van der Waals surface area contributed by atoms with Crippen molar-refractivity contribution in [2.45, 2.75) is 25.8 Å². The number of aromatic hydroxyl groups is 1. The first-order valence-corrected chi connectivity index (χ1v) is 9.77. The van der Waals surface area contributed by atoms with Crippen LogP contribution < -0.4 is 5.32 Å². The minimum Gasteiger partial charge on any atom is -0.508 e. The molecule has 3 fully saturated rings. The molecule has 3 aliphatic rings. The number of H-pyrrole nitrogens is 1. The van der Waals surface area contributed by atoms with E-state index in [-0.39, 0.29) is 17.7 Å². The number of aromatic nitrogens is 3. The third kappa shape index (κ3) is 2.92. The number of carbonyl (C=O) groups excluding carboxylic acids is 1. The molecule has 1 unspecified atom stereocenters. The maximum atomic E-state index is 13.3. The Morgan fingerprint density at radius 3 is 2.68 bits per heavy atom. The topological polar surface area (TPSA) is 94.1 Å². The highest BCUT2D eigenvalue weighted by atomic mass is 16.3. The molecular weight excluding hydrogens is 354 g/mol. The van der Waals surface area contributed by atoms with Crippen LogP contribution in [0.3, 0.4) is 0 Å². The molecule has 3 saturated heterocycles. The van der Waals surface area contributed by atoms with Gasteiger partial charge in [0.2, 0.25) is 0 Å². The molecule has 5 heterocycles. The smallest absolute Gasteiger partial charge is 0.252 e. The van der Waals surface area contributed by atoms with Gasteiger partial charge in [-0.1, -0.05) is 0 Å². The lowest BCUT2D eigenvalue weighted by Gasteiger charge is -2.44. The van der Waals surface area contributed by atoms with Crippen LogP contribution in [0.4, 0.5) is 0 Å². The molecule has 2 aromatic heterocycles. The Kier molecular flexibility index (Phi) is 4.05. The monoisotopic (exact) mass is 377 g/mol. The number of aryl methyl sites for hydroxylation is 1. The van der Waals surface area contributed by atoms with Gasteiger partial charge in [0.05, 0.1) is 16.6 Å². The second-order valence-corrected chi connectivity index (χ2v) is 7.87. The van der Waals surface area contributed by atoms with Crippen LogP contribution in [0.2, 0.25) is 0 Å². The summed E-state index contributed by atoms with van der Waals surface area (Å²) in [5, 5.41) is 20.8. The molecule has 0 aliphatic carbocycles. The summed E-state index contributed by atoms with van der Waals surface area (Å²) in [4.78, 5) is 20.3. The summed E-state index contributed by atoms with van der Waals surface area (Å²) in [7, 11) is 0. The highest BCUT2D eigenvalue weighted by Gasteiger charge is 2.35. The third-order valence-electron chi connectivity index (χ3n) is 6.09. The van der Waals surface area contributed by atoms with E-state index in [1.165, 1.54) is 0 Å². The van der Waals surface area contributed by atoms with Crippen molar-refractivity contribution in [1.29, 1.82) is 0 Å². The van der Waals surface area contributed by atoms with Gasteiger partial charge >= 0.3 is 0 Å². The first-order chi connectivity index (χ1) is 13.6. The van der Waals surface area contributed by atoms with Crippen molar-refractivity contribution in [2.24, 2.45) is 5.92 Å². The fourth-order valence-corrected chi connectivity index (χ4v) is 4.51. The number of pyridine rings is 1. The van der Waals surface area contributed by atoms with Crippen LogP contribution in [0.1, 0.15) is 28.9 Å². The van der Waals surface area contributed by atoms with Gasteiger partial charge in [-0.25, -0.2) is 4.98 Å².